The summed E-state index contributed by atoms with van der Waals surface area (Å²) in [5.74, 6) is 1.39. The van der Waals surface area contributed by atoms with Crippen molar-refractivity contribution in [2.45, 2.75) is 53.6 Å². The van der Waals surface area contributed by atoms with Gasteiger partial charge in [-0.3, -0.25) is 4.79 Å². The number of benzene rings is 3. The Hall–Kier alpha value is -3.27. The number of carbonyl (C=O) groups is 1. The van der Waals surface area contributed by atoms with Crippen LogP contribution in [0.25, 0.3) is 0 Å². The number of nitrogens with one attached hydrogen (secondary N) is 1. The minimum Gasteiger partial charge on any atom is -0.496 e. The molecule has 0 aliphatic rings. The van der Waals surface area contributed by atoms with E-state index in [1.807, 2.05) is 30.3 Å². The van der Waals surface area contributed by atoms with Crippen molar-refractivity contribution < 1.29 is 14.3 Å². The van der Waals surface area contributed by atoms with Crippen molar-refractivity contribution >= 4 is 11.6 Å². The molecule has 0 unspecified atom stereocenters. The van der Waals surface area contributed by atoms with E-state index in [0.29, 0.717) is 17.9 Å². The highest BCUT2D eigenvalue weighted by molar-refractivity contribution is 6.04. The summed E-state index contributed by atoms with van der Waals surface area (Å²) in [7, 11) is 1.63. The van der Waals surface area contributed by atoms with E-state index in [2.05, 4.69) is 51.2 Å². The van der Waals surface area contributed by atoms with Crippen molar-refractivity contribution in [1.82, 2.24) is 0 Å². The van der Waals surface area contributed by atoms with Crippen LogP contribution in [0.15, 0.2) is 54.6 Å². The minimum absolute atomic E-state index is 0.155. The van der Waals surface area contributed by atoms with Crippen molar-refractivity contribution in [3.63, 3.8) is 0 Å². The quantitative estimate of drug-likeness (QED) is 0.405. The van der Waals surface area contributed by atoms with Crippen LogP contribution in [0.5, 0.6) is 11.5 Å². The lowest BCUT2D eigenvalue weighted by Crippen LogP contribution is -2.13. The zero-order chi connectivity index (χ0) is 23.1. The summed E-state index contributed by atoms with van der Waals surface area (Å²) in [6.07, 6.45) is 3.40. The molecule has 1 amide bonds. The summed E-state index contributed by atoms with van der Waals surface area (Å²) in [5, 5.41) is 2.98. The molecule has 0 bridgehead atoms. The molecule has 0 atom stereocenters. The highest BCUT2D eigenvalue weighted by Crippen LogP contribution is 2.27. The lowest BCUT2D eigenvalue weighted by molar-refractivity contribution is 0.102. The van der Waals surface area contributed by atoms with Crippen molar-refractivity contribution in [3.05, 3.63) is 88.0 Å². The number of amides is 1. The van der Waals surface area contributed by atoms with Gasteiger partial charge >= 0.3 is 0 Å². The molecule has 0 saturated carbocycles. The molecular weight excluding hydrogens is 398 g/mol. The van der Waals surface area contributed by atoms with Gasteiger partial charge in [-0.15, -0.1) is 0 Å². The Bertz CT molecular complexity index is 1070. The zero-order valence-electron chi connectivity index (χ0n) is 19.7. The van der Waals surface area contributed by atoms with Gasteiger partial charge in [-0.1, -0.05) is 31.5 Å². The van der Waals surface area contributed by atoms with Crippen LogP contribution in [0, 0.1) is 20.8 Å². The second kappa shape index (κ2) is 10.9. The number of unbranched alkanes of at least 4 members (excludes halogenated alkanes) is 1. The maximum absolute atomic E-state index is 12.8. The predicted molar refractivity (Wildman–Crippen MR) is 131 cm³/mol. The van der Waals surface area contributed by atoms with Crippen molar-refractivity contribution in [1.29, 1.82) is 0 Å². The molecule has 0 aliphatic heterocycles. The smallest absolute Gasteiger partial charge is 0.255 e. The molecule has 0 saturated heterocycles. The Kier molecular flexibility index (Phi) is 7.93. The van der Waals surface area contributed by atoms with Crippen molar-refractivity contribution in [2.24, 2.45) is 0 Å². The van der Waals surface area contributed by atoms with Gasteiger partial charge in [0.2, 0.25) is 0 Å². The maximum atomic E-state index is 12.8. The van der Waals surface area contributed by atoms with Crippen LogP contribution >= 0.6 is 0 Å². The average molecular weight is 432 g/mol. The number of hydrogen-bond donors (Lipinski definition) is 1. The van der Waals surface area contributed by atoms with E-state index in [4.69, 9.17) is 9.47 Å². The average Bonchev–Trinajstić information content (AvgIpc) is 2.79. The van der Waals surface area contributed by atoms with Crippen LogP contribution in [-0.2, 0) is 13.0 Å². The summed E-state index contributed by atoms with van der Waals surface area (Å²) in [6.45, 7) is 8.70. The molecule has 0 fully saturated rings. The topological polar surface area (TPSA) is 47.6 Å². The first-order chi connectivity index (χ1) is 15.4. The largest absolute Gasteiger partial charge is 0.496 e. The Balaban J connectivity index is 1.73. The molecule has 3 aromatic rings. The Labute approximate surface area is 191 Å². The highest BCUT2D eigenvalue weighted by atomic mass is 16.5. The monoisotopic (exact) mass is 431 g/mol. The first-order valence-electron chi connectivity index (χ1n) is 11.2. The number of methoxy groups -OCH3 is 1. The molecule has 1 N–H and O–H groups in total. The zero-order valence-corrected chi connectivity index (χ0v) is 19.7. The van der Waals surface area contributed by atoms with Crippen molar-refractivity contribution in [2.75, 3.05) is 12.4 Å². The Morgan fingerprint density at radius 3 is 2.38 bits per heavy atom. The Morgan fingerprint density at radius 2 is 1.69 bits per heavy atom. The van der Waals surface area contributed by atoms with Gasteiger partial charge in [0.15, 0.2) is 0 Å². The van der Waals surface area contributed by atoms with E-state index in [1.54, 1.807) is 13.2 Å². The lowest BCUT2D eigenvalue weighted by Gasteiger charge is -2.15. The first-order valence-corrected chi connectivity index (χ1v) is 11.2. The van der Waals surface area contributed by atoms with Gasteiger partial charge in [-0.2, -0.15) is 0 Å². The molecule has 4 nitrogen and oxygen atoms in total. The van der Waals surface area contributed by atoms with Gasteiger partial charge in [-0.25, -0.2) is 0 Å². The van der Waals surface area contributed by atoms with Crippen LogP contribution < -0.4 is 14.8 Å². The fourth-order valence-electron chi connectivity index (χ4n) is 3.68. The van der Waals surface area contributed by atoms with Crippen LogP contribution in [0.1, 0.15) is 57.9 Å². The number of carbonyl (C=O) groups excluding carboxylic acids is 1. The van der Waals surface area contributed by atoms with Gasteiger partial charge < -0.3 is 14.8 Å². The third-order valence-corrected chi connectivity index (χ3v) is 5.72. The molecule has 0 aromatic heterocycles. The third-order valence-electron chi connectivity index (χ3n) is 5.72. The standard InChI is InChI=1S/C28H33NO3/c1-6-7-8-22-9-12-25(13-10-22)29-28(30)23-11-14-26(31-5)24(17-23)18-32-27-16-19(2)15-20(3)21(27)4/h9-17H,6-8,18H2,1-5H3,(H,29,30). The molecule has 3 aromatic carbocycles. The molecule has 0 heterocycles. The summed E-state index contributed by atoms with van der Waals surface area (Å²) in [5.41, 5.74) is 6.94. The van der Waals surface area contributed by atoms with E-state index in [-0.39, 0.29) is 5.91 Å². The third kappa shape index (κ3) is 5.91. The molecule has 168 valence electrons. The lowest BCUT2D eigenvalue weighted by atomic mass is 10.1. The van der Waals surface area contributed by atoms with E-state index < -0.39 is 0 Å². The fraction of sp³-hybridized carbons (Fsp3) is 0.321. The number of aryl methyl sites for hydroxylation is 3. The van der Waals surface area contributed by atoms with E-state index in [9.17, 15) is 4.79 Å². The number of rotatable bonds is 9. The molecule has 3 rings (SSSR count). The summed E-state index contributed by atoms with van der Waals surface area (Å²) in [4.78, 5) is 12.8. The number of hydrogen-bond acceptors (Lipinski definition) is 3. The van der Waals surface area contributed by atoms with Gasteiger partial charge in [0, 0.05) is 16.8 Å². The van der Waals surface area contributed by atoms with Crippen LogP contribution in [-0.4, -0.2) is 13.0 Å². The molecule has 0 spiro atoms. The first kappa shape index (κ1) is 23.4. The van der Waals surface area contributed by atoms with Gasteiger partial charge in [0.05, 0.1) is 7.11 Å². The van der Waals surface area contributed by atoms with Gasteiger partial charge in [-0.05, 0) is 92.3 Å². The van der Waals surface area contributed by atoms with Crippen molar-refractivity contribution in [3.8, 4) is 11.5 Å². The van der Waals surface area contributed by atoms with Crippen LogP contribution in [0.2, 0.25) is 0 Å². The summed E-state index contributed by atoms with van der Waals surface area (Å²) in [6, 6.07) is 17.7. The highest BCUT2D eigenvalue weighted by Gasteiger charge is 2.13. The van der Waals surface area contributed by atoms with E-state index in [1.165, 1.54) is 24.0 Å². The Morgan fingerprint density at radius 1 is 0.938 bits per heavy atom. The maximum Gasteiger partial charge on any atom is 0.255 e. The second-order valence-corrected chi connectivity index (χ2v) is 8.27. The molecule has 0 radical (unpaired) electrons. The van der Waals surface area contributed by atoms with Crippen LogP contribution in [0.3, 0.4) is 0 Å². The summed E-state index contributed by atoms with van der Waals surface area (Å²) >= 11 is 0. The van der Waals surface area contributed by atoms with Crippen LogP contribution in [0.4, 0.5) is 5.69 Å². The normalized spacial score (nSPS) is 10.7. The van der Waals surface area contributed by atoms with Gasteiger partial charge in [0.25, 0.3) is 5.91 Å². The fourth-order valence-corrected chi connectivity index (χ4v) is 3.68. The number of anilines is 1. The second-order valence-electron chi connectivity index (χ2n) is 8.27. The predicted octanol–water partition coefficient (Wildman–Crippen LogP) is 6.79. The molecule has 0 aliphatic carbocycles. The minimum atomic E-state index is -0.155. The van der Waals surface area contributed by atoms with E-state index in [0.717, 1.165) is 34.5 Å². The summed E-state index contributed by atoms with van der Waals surface area (Å²) < 4.78 is 11.6. The molecular formula is C28H33NO3. The van der Waals surface area contributed by atoms with Gasteiger partial charge in [0.1, 0.15) is 18.1 Å². The van der Waals surface area contributed by atoms with E-state index >= 15 is 0 Å². The SMILES string of the molecule is CCCCc1ccc(NC(=O)c2ccc(OC)c(COc3cc(C)cc(C)c3C)c2)cc1. The molecule has 32 heavy (non-hydrogen) atoms. The number of ether oxygens (including phenoxy) is 2. The molecule has 4 heteroatoms.